The molecule has 0 aromatic rings. The van der Waals surface area contributed by atoms with Crippen molar-refractivity contribution in [2.24, 2.45) is 0 Å². The molecule has 1 N–H and O–H groups in total. The topological polar surface area (TPSA) is 15.3 Å². The molecule has 2 nitrogen and oxygen atoms in total. The summed E-state index contributed by atoms with van der Waals surface area (Å²) in [6, 6.07) is 0.559. The molecule has 4 heteroatoms. The average molecular weight is 208 g/mol. The van der Waals surface area contributed by atoms with Gasteiger partial charge in [-0.05, 0) is 46.8 Å². The number of unbranched alkanes of at least 4 members (excludes halogenated alkanes) is 1. The van der Waals surface area contributed by atoms with Crippen LogP contribution in [0.1, 0.15) is 26.7 Å². The Labute approximate surface area is 85.7 Å². The molecule has 0 radical (unpaired) electrons. The number of rotatable bonds is 8. The van der Waals surface area contributed by atoms with Crippen molar-refractivity contribution in [3.05, 3.63) is 0 Å². The summed E-state index contributed by atoms with van der Waals surface area (Å²) in [4.78, 5) is 2.26. The van der Waals surface area contributed by atoms with Gasteiger partial charge in [0.05, 0.1) is 6.54 Å². The van der Waals surface area contributed by atoms with E-state index in [0.717, 1.165) is 19.4 Å². The van der Waals surface area contributed by atoms with Gasteiger partial charge in [0.15, 0.2) is 0 Å². The van der Waals surface area contributed by atoms with E-state index in [0.29, 0.717) is 12.6 Å². The van der Waals surface area contributed by atoms with E-state index in [4.69, 9.17) is 0 Å². The highest BCUT2D eigenvalue weighted by atomic mass is 19.3. The summed E-state index contributed by atoms with van der Waals surface area (Å²) >= 11 is 0. The van der Waals surface area contributed by atoms with Crippen LogP contribution in [0.15, 0.2) is 0 Å². The van der Waals surface area contributed by atoms with Gasteiger partial charge in [-0.25, -0.2) is 8.78 Å². The van der Waals surface area contributed by atoms with E-state index in [1.54, 1.807) is 0 Å². The van der Waals surface area contributed by atoms with Crippen LogP contribution in [0.25, 0.3) is 0 Å². The molecule has 0 saturated heterocycles. The number of hydrogen-bond donors (Lipinski definition) is 1. The third kappa shape index (κ3) is 8.38. The summed E-state index contributed by atoms with van der Waals surface area (Å²) in [5, 5.41) is 2.72. The van der Waals surface area contributed by atoms with Gasteiger partial charge in [-0.1, -0.05) is 0 Å². The van der Waals surface area contributed by atoms with Crippen molar-refractivity contribution in [3.8, 4) is 0 Å². The molecule has 0 spiro atoms. The predicted octanol–water partition coefficient (Wildman–Crippen LogP) is 1.96. The fourth-order valence-corrected chi connectivity index (χ4v) is 1.08. The first-order valence-corrected chi connectivity index (χ1v) is 5.23. The normalized spacial score (nSPS) is 12.0. The zero-order chi connectivity index (χ0) is 11.0. The van der Waals surface area contributed by atoms with Crippen LogP contribution < -0.4 is 5.32 Å². The Balaban J connectivity index is 3.13. The van der Waals surface area contributed by atoms with Crippen LogP contribution in [0.5, 0.6) is 0 Å². The van der Waals surface area contributed by atoms with E-state index in [1.165, 1.54) is 0 Å². The summed E-state index contributed by atoms with van der Waals surface area (Å²) in [5.74, 6) is 0. The largest absolute Gasteiger partial charge is 0.311 e. The highest BCUT2D eigenvalue weighted by molar-refractivity contribution is 4.57. The molecule has 0 aliphatic carbocycles. The van der Waals surface area contributed by atoms with Crippen LogP contribution in [-0.4, -0.2) is 44.0 Å². The molecular weight excluding hydrogens is 186 g/mol. The second kappa shape index (κ2) is 8.12. The second-order valence-electron chi connectivity index (χ2n) is 3.88. The molecule has 0 fully saturated rings. The number of nitrogens with zero attached hydrogens (tertiary/aromatic N) is 1. The predicted molar refractivity (Wildman–Crippen MR) is 55.9 cm³/mol. The second-order valence-corrected chi connectivity index (χ2v) is 3.88. The van der Waals surface area contributed by atoms with Crippen LogP contribution in [-0.2, 0) is 0 Å². The zero-order valence-corrected chi connectivity index (χ0v) is 9.39. The van der Waals surface area contributed by atoms with Crippen LogP contribution >= 0.6 is 0 Å². The van der Waals surface area contributed by atoms with Gasteiger partial charge in [-0.2, -0.15) is 0 Å². The fourth-order valence-electron chi connectivity index (χ4n) is 1.08. The first kappa shape index (κ1) is 13.8. The molecule has 0 aromatic carbocycles. The Morgan fingerprint density at radius 1 is 1.21 bits per heavy atom. The smallest absolute Gasteiger partial charge is 0.250 e. The highest BCUT2D eigenvalue weighted by Gasteiger charge is 2.02. The van der Waals surface area contributed by atoms with E-state index >= 15 is 0 Å². The Bertz CT molecular complexity index is 129. The molecule has 0 unspecified atom stereocenters. The monoisotopic (exact) mass is 208 g/mol. The molecule has 0 rings (SSSR count). The molecule has 86 valence electrons. The minimum Gasteiger partial charge on any atom is -0.311 e. The van der Waals surface area contributed by atoms with E-state index in [1.807, 2.05) is 0 Å². The number of hydrogen-bond acceptors (Lipinski definition) is 2. The van der Waals surface area contributed by atoms with Crippen molar-refractivity contribution in [1.82, 2.24) is 10.2 Å². The molecule has 0 aliphatic heterocycles. The maximum Gasteiger partial charge on any atom is 0.250 e. The third-order valence-electron chi connectivity index (χ3n) is 2.29. The van der Waals surface area contributed by atoms with Crippen LogP contribution in [0, 0.1) is 0 Å². The fraction of sp³-hybridized carbons (Fsp3) is 1.00. The Hall–Kier alpha value is -0.220. The van der Waals surface area contributed by atoms with Gasteiger partial charge in [-0.15, -0.1) is 0 Å². The molecule has 0 heterocycles. The summed E-state index contributed by atoms with van der Waals surface area (Å²) in [5.41, 5.74) is 0. The van der Waals surface area contributed by atoms with E-state index in [2.05, 4.69) is 31.1 Å². The molecular formula is C10H22F2N2. The SMILES string of the molecule is CC(C)N(C)CCCCNCC(F)F. The minimum absolute atomic E-state index is 0.181. The van der Waals surface area contributed by atoms with E-state index in [-0.39, 0.29) is 6.54 Å². The van der Waals surface area contributed by atoms with Crippen molar-refractivity contribution < 1.29 is 8.78 Å². The Kier molecular flexibility index (Phi) is 7.99. The summed E-state index contributed by atoms with van der Waals surface area (Å²) in [6.07, 6.45) is -0.206. The standard InChI is InChI=1S/C10H22F2N2/c1-9(2)14(3)7-5-4-6-13-8-10(11)12/h9-10,13H,4-8H2,1-3H3. The Morgan fingerprint density at radius 3 is 2.36 bits per heavy atom. The van der Waals surface area contributed by atoms with E-state index < -0.39 is 6.43 Å². The maximum absolute atomic E-state index is 11.7. The van der Waals surface area contributed by atoms with Gasteiger partial charge in [-0.3, -0.25) is 0 Å². The molecule has 0 aromatic heterocycles. The lowest BCUT2D eigenvalue weighted by Gasteiger charge is -2.20. The van der Waals surface area contributed by atoms with Gasteiger partial charge in [0.2, 0.25) is 0 Å². The lowest BCUT2D eigenvalue weighted by molar-refractivity contribution is 0.146. The van der Waals surface area contributed by atoms with Gasteiger partial charge >= 0.3 is 0 Å². The first-order valence-electron chi connectivity index (χ1n) is 5.23. The van der Waals surface area contributed by atoms with Gasteiger partial charge < -0.3 is 10.2 Å². The van der Waals surface area contributed by atoms with Gasteiger partial charge in [0.1, 0.15) is 0 Å². The summed E-state index contributed by atoms with van der Waals surface area (Å²) < 4.78 is 23.4. The lowest BCUT2D eigenvalue weighted by atomic mass is 10.2. The first-order chi connectivity index (χ1) is 6.54. The third-order valence-corrected chi connectivity index (χ3v) is 2.29. The number of alkyl halides is 2. The van der Waals surface area contributed by atoms with Crippen LogP contribution in [0.2, 0.25) is 0 Å². The van der Waals surface area contributed by atoms with Crippen molar-refractivity contribution in [2.75, 3.05) is 26.7 Å². The molecule has 0 saturated carbocycles. The Morgan fingerprint density at radius 2 is 1.86 bits per heavy atom. The van der Waals surface area contributed by atoms with Gasteiger partial charge in [0, 0.05) is 6.04 Å². The molecule has 0 atom stereocenters. The van der Waals surface area contributed by atoms with Crippen molar-refractivity contribution in [2.45, 2.75) is 39.2 Å². The average Bonchev–Trinajstić information content (AvgIpc) is 2.09. The summed E-state index contributed by atoms with van der Waals surface area (Å²) in [7, 11) is 2.08. The highest BCUT2D eigenvalue weighted by Crippen LogP contribution is 1.97. The number of nitrogens with one attached hydrogen (secondary N) is 1. The molecule has 0 aliphatic rings. The molecule has 0 amide bonds. The van der Waals surface area contributed by atoms with Crippen LogP contribution in [0.3, 0.4) is 0 Å². The summed E-state index contributed by atoms with van der Waals surface area (Å²) in [6.45, 7) is 5.84. The molecule has 0 bridgehead atoms. The van der Waals surface area contributed by atoms with Crippen molar-refractivity contribution in [3.63, 3.8) is 0 Å². The lowest BCUT2D eigenvalue weighted by Crippen LogP contribution is -2.28. The quantitative estimate of drug-likeness (QED) is 0.613. The van der Waals surface area contributed by atoms with E-state index in [9.17, 15) is 8.78 Å². The van der Waals surface area contributed by atoms with Crippen molar-refractivity contribution in [1.29, 1.82) is 0 Å². The van der Waals surface area contributed by atoms with Gasteiger partial charge in [0.25, 0.3) is 6.43 Å². The maximum atomic E-state index is 11.7. The minimum atomic E-state index is -2.23. The van der Waals surface area contributed by atoms with Crippen molar-refractivity contribution >= 4 is 0 Å². The zero-order valence-electron chi connectivity index (χ0n) is 9.39. The number of halogens is 2. The van der Waals surface area contributed by atoms with Crippen LogP contribution in [0.4, 0.5) is 8.78 Å². The molecule has 14 heavy (non-hydrogen) atoms.